The number of anilines is 1. The number of rotatable bonds is 6. The molecule has 1 aliphatic rings. The van der Waals surface area contributed by atoms with E-state index < -0.39 is 0 Å². The van der Waals surface area contributed by atoms with Gasteiger partial charge in [-0.15, -0.1) is 0 Å². The van der Waals surface area contributed by atoms with Crippen molar-refractivity contribution in [2.45, 2.75) is 32.7 Å². The lowest BCUT2D eigenvalue weighted by molar-refractivity contribution is -0.119. The lowest BCUT2D eigenvalue weighted by Gasteiger charge is -2.16. The maximum absolute atomic E-state index is 12.0. The predicted octanol–water partition coefficient (Wildman–Crippen LogP) is 2.21. The van der Waals surface area contributed by atoms with Crippen molar-refractivity contribution < 1.29 is 4.79 Å². The fourth-order valence-electron chi connectivity index (χ4n) is 2.59. The SMILES string of the molecule is CC(CCN)C(=O)Nc1cccc(CN2CCCC2)c1. The minimum atomic E-state index is -0.0396. The number of hydrogen-bond acceptors (Lipinski definition) is 3. The second kappa shape index (κ2) is 7.41. The largest absolute Gasteiger partial charge is 0.330 e. The Hall–Kier alpha value is -1.39. The van der Waals surface area contributed by atoms with Gasteiger partial charge < -0.3 is 11.1 Å². The Balaban J connectivity index is 1.93. The summed E-state index contributed by atoms with van der Waals surface area (Å²) in [6.45, 7) is 5.80. The van der Waals surface area contributed by atoms with E-state index in [1.807, 2.05) is 19.1 Å². The third kappa shape index (κ3) is 4.32. The Morgan fingerprint density at radius 2 is 2.15 bits per heavy atom. The van der Waals surface area contributed by atoms with Gasteiger partial charge in [0.1, 0.15) is 0 Å². The van der Waals surface area contributed by atoms with Crippen LogP contribution in [-0.4, -0.2) is 30.4 Å². The summed E-state index contributed by atoms with van der Waals surface area (Å²) in [7, 11) is 0. The maximum Gasteiger partial charge on any atom is 0.227 e. The van der Waals surface area contributed by atoms with Gasteiger partial charge >= 0.3 is 0 Å². The summed E-state index contributed by atoms with van der Waals surface area (Å²) in [5.74, 6) is 0.0102. The molecule has 0 bridgehead atoms. The highest BCUT2D eigenvalue weighted by molar-refractivity contribution is 5.92. The summed E-state index contributed by atoms with van der Waals surface area (Å²) in [5, 5.41) is 2.98. The number of nitrogens with zero attached hydrogens (tertiary/aromatic N) is 1. The molecule has 1 aliphatic heterocycles. The number of nitrogens with two attached hydrogens (primary N) is 1. The molecule has 110 valence electrons. The Morgan fingerprint density at radius 3 is 2.85 bits per heavy atom. The number of benzene rings is 1. The molecule has 1 atom stereocenters. The molecule has 4 nitrogen and oxygen atoms in total. The van der Waals surface area contributed by atoms with Crippen LogP contribution in [0.1, 0.15) is 31.7 Å². The van der Waals surface area contributed by atoms with Crippen molar-refractivity contribution in [2.75, 3.05) is 25.0 Å². The molecule has 20 heavy (non-hydrogen) atoms. The van der Waals surface area contributed by atoms with Crippen LogP contribution < -0.4 is 11.1 Å². The van der Waals surface area contributed by atoms with E-state index in [0.717, 1.165) is 18.7 Å². The molecule has 0 aliphatic carbocycles. The Morgan fingerprint density at radius 1 is 1.40 bits per heavy atom. The van der Waals surface area contributed by atoms with Gasteiger partial charge in [-0.25, -0.2) is 0 Å². The Kier molecular flexibility index (Phi) is 5.56. The van der Waals surface area contributed by atoms with Crippen LogP contribution in [0.15, 0.2) is 24.3 Å². The van der Waals surface area contributed by atoms with E-state index in [1.54, 1.807) is 0 Å². The average molecular weight is 275 g/mol. The second-order valence-corrected chi connectivity index (χ2v) is 5.65. The van der Waals surface area contributed by atoms with Gasteiger partial charge in [0.05, 0.1) is 0 Å². The van der Waals surface area contributed by atoms with E-state index in [1.165, 1.54) is 31.5 Å². The smallest absolute Gasteiger partial charge is 0.227 e. The molecule has 1 amide bonds. The van der Waals surface area contributed by atoms with Crippen LogP contribution in [0.5, 0.6) is 0 Å². The third-order valence-corrected chi connectivity index (χ3v) is 3.85. The van der Waals surface area contributed by atoms with Crippen LogP contribution in [0.4, 0.5) is 5.69 Å². The van der Waals surface area contributed by atoms with Crippen LogP contribution in [0, 0.1) is 5.92 Å². The zero-order chi connectivity index (χ0) is 14.4. The molecule has 1 unspecified atom stereocenters. The number of carbonyl (C=O) groups excluding carboxylic acids is 1. The topological polar surface area (TPSA) is 58.4 Å². The molecule has 4 heteroatoms. The first-order chi connectivity index (χ1) is 9.69. The molecule has 1 fully saturated rings. The van der Waals surface area contributed by atoms with Crippen molar-refractivity contribution in [1.82, 2.24) is 4.90 Å². The molecule has 0 saturated carbocycles. The first-order valence-electron chi connectivity index (χ1n) is 7.51. The van der Waals surface area contributed by atoms with Gasteiger partial charge in [0, 0.05) is 18.2 Å². The molecule has 0 radical (unpaired) electrons. The van der Waals surface area contributed by atoms with E-state index >= 15 is 0 Å². The molecule has 2 rings (SSSR count). The monoisotopic (exact) mass is 275 g/mol. The molecule has 1 aromatic carbocycles. The minimum absolute atomic E-state index is 0.0396. The third-order valence-electron chi connectivity index (χ3n) is 3.85. The van der Waals surface area contributed by atoms with Crippen LogP contribution >= 0.6 is 0 Å². The molecule has 0 aromatic heterocycles. The number of carbonyl (C=O) groups is 1. The molecular weight excluding hydrogens is 250 g/mol. The van der Waals surface area contributed by atoms with Crippen molar-refractivity contribution in [3.63, 3.8) is 0 Å². The summed E-state index contributed by atoms with van der Waals surface area (Å²) in [6.07, 6.45) is 3.32. The summed E-state index contributed by atoms with van der Waals surface area (Å²) >= 11 is 0. The second-order valence-electron chi connectivity index (χ2n) is 5.65. The average Bonchev–Trinajstić information content (AvgIpc) is 2.92. The Labute approximate surface area is 121 Å². The zero-order valence-electron chi connectivity index (χ0n) is 12.3. The van der Waals surface area contributed by atoms with Crippen LogP contribution in [-0.2, 0) is 11.3 Å². The number of hydrogen-bond donors (Lipinski definition) is 2. The van der Waals surface area contributed by atoms with Gasteiger partial charge in [-0.3, -0.25) is 9.69 Å². The van der Waals surface area contributed by atoms with Crippen LogP contribution in [0.3, 0.4) is 0 Å². The number of amides is 1. The van der Waals surface area contributed by atoms with E-state index in [4.69, 9.17) is 5.73 Å². The number of nitrogens with one attached hydrogen (secondary N) is 1. The van der Waals surface area contributed by atoms with Gasteiger partial charge in [0.2, 0.25) is 5.91 Å². The number of likely N-dealkylation sites (tertiary alicyclic amines) is 1. The highest BCUT2D eigenvalue weighted by Crippen LogP contribution is 2.17. The summed E-state index contributed by atoms with van der Waals surface area (Å²) in [6, 6.07) is 8.15. The zero-order valence-corrected chi connectivity index (χ0v) is 12.3. The van der Waals surface area contributed by atoms with Gasteiger partial charge in [-0.2, -0.15) is 0 Å². The van der Waals surface area contributed by atoms with E-state index in [2.05, 4.69) is 22.3 Å². The van der Waals surface area contributed by atoms with Gasteiger partial charge in [-0.05, 0) is 56.6 Å². The van der Waals surface area contributed by atoms with Crippen LogP contribution in [0.25, 0.3) is 0 Å². The lowest BCUT2D eigenvalue weighted by atomic mass is 10.1. The minimum Gasteiger partial charge on any atom is -0.330 e. The summed E-state index contributed by atoms with van der Waals surface area (Å²) in [5.41, 5.74) is 7.64. The molecule has 1 saturated heterocycles. The van der Waals surface area contributed by atoms with Crippen molar-refractivity contribution >= 4 is 11.6 Å². The lowest BCUT2D eigenvalue weighted by Crippen LogP contribution is -2.23. The van der Waals surface area contributed by atoms with E-state index in [9.17, 15) is 4.79 Å². The quantitative estimate of drug-likeness (QED) is 0.837. The molecular formula is C16H25N3O. The standard InChI is InChI=1S/C16H25N3O/c1-13(7-8-17)16(20)18-15-6-4-5-14(11-15)12-19-9-2-3-10-19/h4-6,11,13H,2-3,7-10,12,17H2,1H3,(H,18,20). The summed E-state index contributed by atoms with van der Waals surface area (Å²) < 4.78 is 0. The highest BCUT2D eigenvalue weighted by Gasteiger charge is 2.14. The highest BCUT2D eigenvalue weighted by atomic mass is 16.1. The van der Waals surface area contributed by atoms with Crippen molar-refractivity contribution in [1.29, 1.82) is 0 Å². The first-order valence-corrected chi connectivity index (χ1v) is 7.51. The van der Waals surface area contributed by atoms with Crippen molar-refractivity contribution in [3.05, 3.63) is 29.8 Å². The van der Waals surface area contributed by atoms with Crippen LogP contribution in [0.2, 0.25) is 0 Å². The predicted molar refractivity (Wildman–Crippen MR) is 82.4 cm³/mol. The van der Waals surface area contributed by atoms with E-state index in [0.29, 0.717) is 6.54 Å². The van der Waals surface area contributed by atoms with Gasteiger partial charge in [0.25, 0.3) is 0 Å². The summed E-state index contributed by atoms with van der Waals surface area (Å²) in [4.78, 5) is 14.4. The fourth-order valence-corrected chi connectivity index (χ4v) is 2.59. The first kappa shape index (κ1) is 15.0. The maximum atomic E-state index is 12.0. The molecule has 0 spiro atoms. The fraction of sp³-hybridized carbons (Fsp3) is 0.562. The molecule has 1 heterocycles. The molecule has 3 N–H and O–H groups in total. The van der Waals surface area contributed by atoms with E-state index in [-0.39, 0.29) is 11.8 Å². The normalized spacial score (nSPS) is 17.1. The molecule has 1 aromatic rings. The Bertz CT molecular complexity index is 441. The van der Waals surface area contributed by atoms with Crippen molar-refractivity contribution in [3.8, 4) is 0 Å². The van der Waals surface area contributed by atoms with Gasteiger partial charge in [-0.1, -0.05) is 19.1 Å². The van der Waals surface area contributed by atoms with Crippen molar-refractivity contribution in [2.24, 2.45) is 11.7 Å². The van der Waals surface area contributed by atoms with Gasteiger partial charge in [0.15, 0.2) is 0 Å².